The zero-order valence-corrected chi connectivity index (χ0v) is 19.0. The first-order valence-electron chi connectivity index (χ1n) is 11.0. The number of aromatic nitrogens is 1. The van der Waals surface area contributed by atoms with Crippen molar-refractivity contribution in [2.24, 2.45) is 0 Å². The summed E-state index contributed by atoms with van der Waals surface area (Å²) in [7, 11) is 1.62. The Kier molecular flexibility index (Phi) is 5.31. The number of aromatic amines is 1. The first kappa shape index (κ1) is 20.8. The summed E-state index contributed by atoms with van der Waals surface area (Å²) in [5, 5.41) is 2.92. The standard InChI is InChI=1S/C30H25NO2/c1-19(2)27(21-10-5-4-6-11-21)28-29(23-14-13-20-9-7-8-12-22(20)17-23)31-26-16-15-24(33-3)18-25(26)30(28)32/h4-18H,1-3H3,(H,31,32). The molecule has 1 N–H and O–H groups in total. The summed E-state index contributed by atoms with van der Waals surface area (Å²) >= 11 is 0. The van der Waals surface area contributed by atoms with Gasteiger partial charge in [-0.05, 0) is 65.6 Å². The van der Waals surface area contributed by atoms with Gasteiger partial charge in [-0.1, -0.05) is 72.3 Å². The highest BCUT2D eigenvalue weighted by atomic mass is 16.5. The Labute approximate surface area is 193 Å². The van der Waals surface area contributed by atoms with Crippen LogP contribution in [-0.2, 0) is 0 Å². The Morgan fingerprint density at radius 2 is 1.52 bits per heavy atom. The van der Waals surface area contributed by atoms with Crippen LogP contribution in [0.5, 0.6) is 5.75 Å². The summed E-state index contributed by atoms with van der Waals surface area (Å²) in [6.07, 6.45) is 0. The van der Waals surface area contributed by atoms with Gasteiger partial charge >= 0.3 is 0 Å². The van der Waals surface area contributed by atoms with Gasteiger partial charge in [-0.3, -0.25) is 4.79 Å². The van der Waals surface area contributed by atoms with Crippen molar-refractivity contribution in [3.05, 3.63) is 118 Å². The van der Waals surface area contributed by atoms with Crippen LogP contribution in [0, 0.1) is 0 Å². The summed E-state index contributed by atoms with van der Waals surface area (Å²) in [4.78, 5) is 17.6. The van der Waals surface area contributed by atoms with Gasteiger partial charge in [-0.25, -0.2) is 0 Å². The van der Waals surface area contributed by atoms with E-state index in [1.807, 2.05) is 48.5 Å². The van der Waals surface area contributed by atoms with Crippen LogP contribution >= 0.6 is 0 Å². The first-order chi connectivity index (χ1) is 16.1. The van der Waals surface area contributed by atoms with Crippen molar-refractivity contribution in [3.63, 3.8) is 0 Å². The lowest BCUT2D eigenvalue weighted by atomic mass is 9.89. The van der Waals surface area contributed by atoms with Gasteiger partial charge in [0.25, 0.3) is 0 Å². The molecule has 0 bridgehead atoms. The van der Waals surface area contributed by atoms with Crippen molar-refractivity contribution >= 4 is 27.2 Å². The fraction of sp³-hybridized carbons (Fsp3) is 0.100. The number of allylic oxidation sites excluding steroid dienone is 1. The lowest BCUT2D eigenvalue weighted by Gasteiger charge is -2.17. The van der Waals surface area contributed by atoms with Gasteiger partial charge < -0.3 is 9.72 Å². The molecule has 33 heavy (non-hydrogen) atoms. The van der Waals surface area contributed by atoms with Gasteiger partial charge in [0, 0.05) is 5.39 Å². The lowest BCUT2D eigenvalue weighted by molar-refractivity contribution is 0.415. The molecule has 0 unspecified atom stereocenters. The van der Waals surface area contributed by atoms with E-state index < -0.39 is 0 Å². The second-order valence-electron chi connectivity index (χ2n) is 8.42. The largest absolute Gasteiger partial charge is 0.497 e. The normalized spacial score (nSPS) is 11.0. The molecule has 3 nitrogen and oxygen atoms in total. The number of rotatable bonds is 4. The molecule has 0 saturated heterocycles. The molecule has 0 radical (unpaired) electrons. The molecular weight excluding hydrogens is 406 g/mol. The van der Waals surface area contributed by atoms with Gasteiger partial charge in [0.05, 0.1) is 23.9 Å². The molecule has 0 aliphatic rings. The number of hydrogen-bond acceptors (Lipinski definition) is 2. The fourth-order valence-electron chi connectivity index (χ4n) is 4.48. The van der Waals surface area contributed by atoms with Crippen molar-refractivity contribution in [1.29, 1.82) is 0 Å². The van der Waals surface area contributed by atoms with E-state index in [2.05, 4.69) is 61.3 Å². The Hall–Kier alpha value is -4.11. The van der Waals surface area contributed by atoms with Crippen molar-refractivity contribution < 1.29 is 4.74 Å². The molecule has 0 spiro atoms. The number of H-pyrrole nitrogens is 1. The van der Waals surface area contributed by atoms with Crippen LogP contribution in [0.4, 0.5) is 0 Å². The maximum atomic E-state index is 14.1. The Bertz CT molecular complexity index is 1570. The third-order valence-corrected chi connectivity index (χ3v) is 6.06. The van der Waals surface area contributed by atoms with E-state index in [4.69, 9.17) is 4.74 Å². The zero-order chi connectivity index (χ0) is 22.9. The quantitative estimate of drug-likeness (QED) is 0.327. The average Bonchev–Trinajstić information content (AvgIpc) is 2.85. The van der Waals surface area contributed by atoms with Gasteiger partial charge in [-0.2, -0.15) is 0 Å². The van der Waals surface area contributed by atoms with E-state index in [0.29, 0.717) is 16.7 Å². The number of fused-ring (bicyclic) bond motifs is 2. The number of methoxy groups -OCH3 is 1. The Morgan fingerprint density at radius 3 is 2.24 bits per heavy atom. The maximum Gasteiger partial charge on any atom is 0.197 e. The van der Waals surface area contributed by atoms with Crippen LogP contribution < -0.4 is 10.2 Å². The van der Waals surface area contributed by atoms with E-state index in [9.17, 15) is 4.79 Å². The zero-order valence-electron chi connectivity index (χ0n) is 19.0. The van der Waals surface area contributed by atoms with Gasteiger partial charge in [0.1, 0.15) is 5.75 Å². The lowest BCUT2D eigenvalue weighted by Crippen LogP contribution is -2.14. The van der Waals surface area contributed by atoms with Crippen LogP contribution in [0.15, 0.2) is 101 Å². The van der Waals surface area contributed by atoms with Crippen LogP contribution in [0.25, 0.3) is 38.5 Å². The molecule has 0 aliphatic heterocycles. The number of hydrogen-bond donors (Lipinski definition) is 1. The minimum Gasteiger partial charge on any atom is -0.497 e. The van der Waals surface area contributed by atoms with E-state index in [0.717, 1.165) is 38.9 Å². The number of ether oxygens (including phenoxy) is 1. The number of pyridine rings is 1. The highest BCUT2D eigenvalue weighted by molar-refractivity contribution is 5.96. The molecule has 1 aromatic heterocycles. The van der Waals surface area contributed by atoms with E-state index >= 15 is 0 Å². The highest BCUT2D eigenvalue weighted by Crippen LogP contribution is 2.34. The monoisotopic (exact) mass is 431 g/mol. The molecule has 3 heteroatoms. The molecule has 5 rings (SSSR count). The molecule has 162 valence electrons. The molecule has 4 aromatic carbocycles. The Balaban J connectivity index is 1.90. The van der Waals surface area contributed by atoms with E-state index in [1.54, 1.807) is 7.11 Å². The molecule has 1 heterocycles. The summed E-state index contributed by atoms with van der Waals surface area (Å²) in [5.41, 5.74) is 6.31. The fourth-order valence-corrected chi connectivity index (χ4v) is 4.48. The maximum absolute atomic E-state index is 14.1. The van der Waals surface area contributed by atoms with Gasteiger partial charge in [-0.15, -0.1) is 0 Å². The van der Waals surface area contributed by atoms with Crippen molar-refractivity contribution in [3.8, 4) is 17.0 Å². The molecular formula is C30H25NO2. The van der Waals surface area contributed by atoms with Crippen LogP contribution in [0.3, 0.4) is 0 Å². The van der Waals surface area contributed by atoms with Gasteiger partial charge in [0.15, 0.2) is 5.43 Å². The van der Waals surface area contributed by atoms with Gasteiger partial charge in [0.2, 0.25) is 0 Å². The van der Waals surface area contributed by atoms with E-state index in [-0.39, 0.29) is 5.43 Å². The highest BCUT2D eigenvalue weighted by Gasteiger charge is 2.20. The Morgan fingerprint density at radius 1 is 0.788 bits per heavy atom. The minimum atomic E-state index is -0.00846. The smallest absolute Gasteiger partial charge is 0.197 e. The van der Waals surface area contributed by atoms with Crippen LogP contribution in [0.2, 0.25) is 0 Å². The molecule has 0 saturated carbocycles. The topological polar surface area (TPSA) is 42.1 Å². The number of nitrogens with one attached hydrogen (secondary N) is 1. The number of benzene rings is 4. The van der Waals surface area contributed by atoms with Crippen molar-refractivity contribution in [2.75, 3.05) is 7.11 Å². The third-order valence-electron chi connectivity index (χ3n) is 6.06. The summed E-state index contributed by atoms with van der Waals surface area (Å²) < 4.78 is 5.41. The molecule has 0 aliphatic carbocycles. The first-order valence-corrected chi connectivity index (χ1v) is 11.0. The second-order valence-corrected chi connectivity index (χ2v) is 8.42. The predicted molar refractivity (Wildman–Crippen MR) is 138 cm³/mol. The molecule has 0 fully saturated rings. The summed E-state index contributed by atoms with van der Waals surface area (Å²) in [6.45, 7) is 4.11. The van der Waals surface area contributed by atoms with Crippen molar-refractivity contribution in [1.82, 2.24) is 4.98 Å². The summed E-state index contributed by atoms with van der Waals surface area (Å²) in [6, 6.07) is 30.3. The SMILES string of the molecule is COc1ccc2[nH]c(-c3ccc4ccccc4c3)c(C(=C(C)C)c3ccccc3)c(=O)c2c1. The molecule has 5 aromatic rings. The van der Waals surface area contributed by atoms with Crippen molar-refractivity contribution in [2.45, 2.75) is 13.8 Å². The second kappa shape index (κ2) is 8.44. The summed E-state index contributed by atoms with van der Waals surface area (Å²) in [5.74, 6) is 0.663. The molecule has 0 atom stereocenters. The third kappa shape index (κ3) is 3.72. The average molecular weight is 432 g/mol. The van der Waals surface area contributed by atoms with E-state index in [1.165, 1.54) is 5.39 Å². The van der Waals surface area contributed by atoms with Crippen LogP contribution in [0.1, 0.15) is 25.0 Å². The minimum absolute atomic E-state index is 0.00846. The van der Waals surface area contributed by atoms with Crippen LogP contribution in [-0.4, -0.2) is 12.1 Å². The predicted octanol–water partition coefficient (Wildman–Crippen LogP) is 7.20. The molecule has 0 amide bonds.